The van der Waals surface area contributed by atoms with Crippen LogP contribution in [0.5, 0.6) is 5.75 Å². The Morgan fingerprint density at radius 1 is 1.12 bits per heavy atom. The molecular weight excluding hydrogens is 478 g/mol. The van der Waals surface area contributed by atoms with Gasteiger partial charge in [-0.25, -0.2) is 8.42 Å². The number of ether oxygens (including phenoxy) is 2. The lowest BCUT2D eigenvalue weighted by molar-refractivity contribution is -0.128. The van der Waals surface area contributed by atoms with Crippen molar-refractivity contribution in [2.45, 2.75) is 38.2 Å². The molecule has 0 aliphatic carbocycles. The molecule has 2 aromatic carbocycles. The Bertz CT molecular complexity index is 1100. The zero-order valence-corrected chi connectivity index (χ0v) is 21.6. The highest BCUT2D eigenvalue weighted by molar-refractivity contribution is 7.89. The summed E-state index contributed by atoms with van der Waals surface area (Å²) in [5.41, 5.74) is -0.0884. The summed E-state index contributed by atoms with van der Waals surface area (Å²) in [7, 11) is -3.70. The lowest BCUT2D eigenvalue weighted by atomic mass is 10.1. The van der Waals surface area contributed by atoms with Crippen molar-refractivity contribution in [3.8, 4) is 5.75 Å². The molecule has 34 heavy (non-hydrogen) atoms. The minimum Gasteiger partial charge on any atom is -0.478 e. The molecule has 1 aliphatic rings. The van der Waals surface area contributed by atoms with Crippen LogP contribution in [-0.4, -0.2) is 63.6 Å². The van der Waals surface area contributed by atoms with Crippen LogP contribution >= 0.6 is 11.6 Å². The Kier molecular flexibility index (Phi) is 8.46. The average Bonchev–Trinajstić information content (AvgIpc) is 2.81. The van der Waals surface area contributed by atoms with Crippen molar-refractivity contribution >= 4 is 38.9 Å². The molecule has 0 aromatic heterocycles. The molecule has 186 valence electrons. The lowest BCUT2D eigenvalue weighted by Gasteiger charge is -2.32. The molecule has 0 saturated carbocycles. The van der Waals surface area contributed by atoms with Gasteiger partial charge in [-0.1, -0.05) is 25.4 Å². The maximum atomic E-state index is 13.3. The number of morpholine rings is 1. The third-order valence-electron chi connectivity index (χ3n) is 5.64. The number of halogens is 1. The minimum absolute atomic E-state index is 0.125. The van der Waals surface area contributed by atoms with Crippen LogP contribution in [0.4, 0.5) is 11.4 Å². The maximum absolute atomic E-state index is 13.3. The predicted octanol–water partition coefficient (Wildman–Crippen LogP) is 4.00. The van der Waals surface area contributed by atoms with E-state index in [-0.39, 0.29) is 4.90 Å². The molecule has 1 heterocycles. The van der Waals surface area contributed by atoms with Gasteiger partial charge in [-0.3, -0.25) is 4.79 Å². The highest BCUT2D eigenvalue weighted by atomic mass is 35.5. The van der Waals surface area contributed by atoms with Gasteiger partial charge in [0.25, 0.3) is 5.91 Å². The maximum Gasteiger partial charge on any atom is 0.268 e. The van der Waals surface area contributed by atoms with Gasteiger partial charge in [0.2, 0.25) is 10.0 Å². The molecule has 1 aliphatic heterocycles. The van der Waals surface area contributed by atoms with E-state index in [0.29, 0.717) is 55.9 Å². The molecule has 1 N–H and O–H groups in total. The van der Waals surface area contributed by atoms with E-state index >= 15 is 0 Å². The van der Waals surface area contributed by atoms with E-state index in [4.69, 9.17) is 21.1 Å². The molecule has 1 saturated heterocycles. The van der Waals surface area contributed by atoms with Gasteiger partial charge in [0.15, 0.2) is 5.60 Å². The number of nitrogens with one attached hydrogen (secondary N) is 1. The average molecular weight is 510 g/mol. The summed E-state index contributed by atoms with van der Waals surface area (Å²) in [5, 5.41) is 3.48. The summed E-state index contributed by atoms with van der Waals surface area (Å²) < 4.78 is 39.0. The summed E-state index contributed by atoms with van der Waals surface area (Å²) in [6.07, 6.45) is 0. The van der Waals surface area contributed by atoms with Crippen molar-refractivity contribution in [1.29, 1.82) is 0 Å². The number of rotatable bonds is 9. The van der Waals surface area contributed by atoms with E-state index in [9.17, 15) is 13.2 Å². The number of hydrogen-bond donors (Lipinski definition) is 1. The van der Waals surface area contributed by atoms with Crippen LogP contribution in [0, 0.1) is 0 Å². The third kappa shape index (κ3) is 6.02. The van der Waals surface area contributed by atoms with Gasteiger partial charge in [0.05, 0.1) is 29.5 Å². The van der Waals surface area contributed by atoms with Crippen LogP contribution in [-0.2, 0) is 19.6 Å². The molecule has 2 aromatic rings. The Morgan fingerprint density at radius 2 is 1.74 bits per heavy atom. The minimum atomic E-state index is -3.70. The number of carbonyl (C=O) groups is 1. The van der Waals surface area contributed by atoms with Crippen molar-refractivity contribution in [2.24, 2.45) is 0 Å². The molecule has 0 spiro atoms. The Labute approximate surface area is 206 Å². The molecule has 0 bridgehead atoms. The fraction of sp³-hybridized carbons (Fsp3) is 0.458. The van der Waals surface area contributed by atoms with Crippen molar-refractivity contribution in [3.63, 3.8) is 0 Å². The van der Waals surface area contributed by atoms with Gasteiger partial charge in [-0.05, 0) is 56.3 Å². The number of carbonyl (C=O) groups excluding carboxylic acids is 1. The second-order valence-corrected chi connectivity index (χ2v) is 10.8. The lowest BCUT2D eigenvalue weighted by Crippen LogP contribution is -2.43. The van der Waals surface area contributed by atoms with Crippen LogP contribution in [0.1, 0.15) is 27.7 Å². The largest absolute Gasteiger partial charge is 0.478 e. The number of amides is 1. The van der Waals surface area contributed by atoms with Crippen LogP contribution in [0.3, 0.4) is 0 Å². The first kappa shape index (κ1) is 26.3. The van der Waals surface area contributed by atoms with E-state index < -0.39 is 21.5 Å². The predicted molar refractivity (Wildman–Crippen MR) is 134 cm³/mol. The van der Waals surface area contributed by atoms with Gasteiger partial charge in [-0.15, -0.1) is 0 Å². The van der Waals surface area contributed by atoms with Gasteiger partial charge >= 0.3 is 0 Å². The molecule has 0 radical (unpaired) electrons. The molecule has 1 fully saturated rings. The first-order chi connectivity index (χ1) is 16.1. The Hall–Kier alpha value is -2.33. The molecule has 0 atom stereocenters. The van der Waals surface area contributed by atoms with E-state index in [1.165, 1.54) is 10.4 Å². The van der Waals surface area contributed by atoms with Crippen LogP contribution in [0.25, 0.3) is 0 Å². The number of sulfonamides is 1. The summed E-state index contributed by atoms with van der Waals surface area (Å²) in [5.74, 6) is 0.0881. The van der Waals surface area contributed by atoms with E-state index in [2.05, 4.69) is 10.2 Å². The highest BCUT2D eigenvalue weighted by Crippen LogP contribution is 2.32. The van der Waals surface area contributed by atoms with E-state index in [1.807, 2.05) is 0 Å². The second-order valence-electron chi connectivity index (χ2n) is 8.39. The quantitative estimate of drug-likeness (QED) is 0.549. The molecule has 1 amide bonds. The first-order valence-electron chi connectivity index (χ1n) is 11.3. The van der Waals surface area contributed by atoms with Crippen molar-refractivity contribution in [1.82, 2.24) is 4.31 Å². The summed E-state index contributed by atoms with van der Waals surface area (Å²) in [4.78, 5) is 15.5. The monoisotopic (exact) mass is 509 g/mol. The standard InChI is InChI=1S/C24H32ClN3O5S/c1-5-28(6-2)34(30,31)20-11-12-22(27-13-15-32-16-14-27)21(17-20)26-23(29)24(3,4)33-19-9-7-18(25)8-10-19/h7-12,17H,5-6,13-16H2,1-4H3,(H,26,29). The normalized spacial score (nSPS) is 14.8. The molecule has 10 heteroatoms. The zero-order valence-electron chi connectivity index (χ0n) is 20.0. The third-order valence-corrected chi connectivity index (χ3v) is 7.94. The van der Waals surface area contributed by atoms with Crippen molar-refractivity contribution < 1.29 is 22.7 Å². The van der Waals surface area contributed by atoms with E-state index in [0.717, 1.165) is 5.69 Å². The van der Waals surface area contributed by atoms with Crippen LogP contribution in [0.2, 0.25) is 5.02 Å². The number of anilines is 2. The molecular formula is C24H32ClN3O5S. The topological polar surface area (TPSA) is 88.2 Å². The smallest absolute Gasteiger partial charge is 0.268 e. The Balaban J connectivity index is 1.94. The van der Waals surface area contributed by atoms with Gasteiger partial charge in [-0.2, -0.15) is 4.31 Å². The fourth-order valence-corrected chi connectivity index (χ4v) is 5.30. The molecule has 8 nitrogen and oxygen atoms in total. The second kappa shape index (κ2) is 10.9. The number of benzene rings is 2. The van der Waals surface area contributed by atoms with Crippen molar-refractivity contribution in [2.75, 3.05) is 49.6 Å². The van der Waals surface area contributed by atoms with Gasteiger partial charge in [0, 0.05) is 31.2 Å². The summed E-state index contributed by atoms with van der Waals surface area (Å²) in [6, 6.07) is 11.6. The zero-order chi connectivity index (χ0) is 24.9. The first-order valence-corrected chi connectivity index (χ1v) is 13.1. The SMILES string of the molecule is CCN(CC)S(=O)(=O)c1ccc(N2CCOCC2)c(NC(=O)C(C)(C)Oc2ccc(Cl)cc2)c1. The van der Waals surface area contributed by atoms with Gasteiger partial charge < -0.3 is 19.7 Å². The fourth-order valence-electron chi connectivity index (χ4n) is 3.68. The van der Waals surface area contributed by atoms with E-state index in [1.54, 1.807) is 64.1 Å². The van der Waals surface area contributed by atoms with Crippen molar-refractivity contribution in [3.05, 3.63) is 47.5 Å². The van der Waals surface area contributed by atoms with Crippen LogP contribution < -0.4 is 15.0 Å². The highest BCUT2D eigenvalue weighted by Gasteiger charge is 2.32. The van der Waals surface area contributed by atoms with Gasteiger partial charge in [0.1, 0.15) is 5.75 Å². The molecule has 0 unspecified atom stereocenters. The summed E-state index contributed by atoms with van der Waals surface area (Å²) in [6.45, 7) is 9.98. The molecule has 3 rings (SSSR count). The number of hydrogen-bond acceptors (Lipinski definition) is 6. The summed E-state index contributed by atoms with van der Waals surface area (Å²) >= 11 is 5.94. The Morgan fingerprint density at radius 3 is 2.32 bits per heavy atom. The number of nitrogens with zero attached hydrogens (tertiary/aromatic N) is 2. The van der Waals surface area contributed by atoms with Crippen LogP contribution in [0.15, 0.2) is 47.4 Å².